The summed E-state index contributed by atoms with van der Waals surface area (Å²) < 4.78 is 2.10. The molecule has 0 saturated carbocycles. The number of para-hydroxylation sites is 1. The van der Waals surface area contributed by atoms with Crippen LogP contribution in [0.1, 0.15) is 29.7 Å². The van der Waals surface area contributed by atoms with Gasteiger partial charge in [0.2, 0.25) is 0 Å². The molecule has 1 N–H and O–H groups in total. The second-order valence-electron chi connectivity index (χ2n) is 8.29. The Hall–Kier alpha value is -4.45. The predicted octanol–water partition coefficient (Wildman–Crippen LogP) is 4.91. The van der Waals surface area contributed by atoms with E-state index in [0.29, 0.717) is 6.54 Å². The Kier molecular flexibility index (Phi) is 5.55. The van der Waals surface area contributed by atoms with Gasteiger partial charge in [-0.05, 0) is 30.2 Å². The number of amides is 4. The Bertz CT molecular complexity index is 1420. The summed E-state index contributed by atoms with van der Waals surface area (Å²) in [5, 5.41) is 3.25. The standard InChI is InChI=1S/C28H23N3O3/c1-19(21-12-6-3-7-13-21)31-27(33)24(26(32)29-28(31)34)16-22-18-30(17-20-10-4-2-5-11-20)25-15-9-8-14-23(22)25/h2-16,18-19H,17H2,1H3,(H,29,32,34). The van der Waals surface area contributed by atoms with E-state index in [9.17, 15) is 14.4 Å². The summed E-state index contributed by atoms with van der Waals surface area (Å²) in [6.45, 7) is 2.42. The van der Waals surface area contributed by atoms with Crippen molar-refractivity contribution in [2.24, 2.45) is 0 Å². The molecule has 6 nitrogen and oxygen atoms in total. The van der Waals surface area contributed by atoms with Crippen LogP contribution in [0.4, 0.5) is 4.79 Å². The number of carbonyl (C=O) groups is 3. The minimum atomic E-state index is -0.713. The van der Waals surface area contributed by atoms with Gasteiger partial charge in [-0.2, -0.15) is 0 Å². The zero-order valence-corrected chi connectivity index (χ0v) is 18.6. The fourth-order valence-electron chi connectivity index (χ4n) is 4.36. The van der Waals surface area contributed by atoms with Crippen LogP contribution in [0.5, 0.6) is 0 Å². The van der Waals surface area contributed by atoms with E-state index in [-0.39, 0.29) is 5.57 Å². The average Bonchev–Trinajstić information content (AvgIpc) is 3.20. The SMILES string of the molecule is CC(c1ccccc1)N1C(=O)NC(=O)C(=Cc2cn(Cc3ccccc3)c3ccccc23)C1=O. The van der Waals surface area contributed by atoms with Crippen molar-refractivity contribution in [3.63, 3.8) is 0 Å². The molecule has 1 saturated heterocycles. The van der Waals surface area contributed by atoms with Crippen LogP contribution in [-0.4, -0.2) is 27.3 Å². The molecule has 5 rings (SSSR count). The van der Waals surface area contributed by atoms with Crippen molar-refractivity contribution in [1.29, 1.82) is 0 Å². The van der Waals surface area contributed by atoms with Crippen molar-refractivity contribution in [2.45, 2.75) is 19.5 Å². The monoisotopic (exact) mass is 449 g/mol. The number of urea groups is 1. The molecule has 1 unspecified atom stereocenters. The molecular weight excluding hydrogens is 426 g/mol. The minimum Gasteiger partial charge on any atom is -0.342 e. The molecule has 1 atom stereocenters. The molecule has 2 heterocycles. The maximum Gasteiger partial charge on any atom is 0.331 e. The number of aromatic nitrogens is 1. The number of fused-ring (bicyclic) bond motifs is 1. The van der Waals surface area contributed by atoms with E-state index in [2.05, 4.69) is 22.0 Å². The molecule has 0 spiro atoms. The first-order valence-electron chi connectivity index (χ1n) is 11.1. The highest BCUT2D eigenvalue weighted by Gasteiger charge is 2.39. The van der Waals surface area contributed by atoms with Gasteiger partial charge in [0.15, 0.2) is 0 Å². The topological polar surface area (TPSA) is 71.4 Å². The van der Waals surface area contributed by atoms with Crippen molar-refractivity contribution in [1.82, 2.24) is 14.8 Å². The summed E-state index contributed by atoms with van der Waals surface area (Å²) >= 11 is 0. The van der Waals surface area contributed by atoms with E-state index in [4.69, 9.17) is 0 Å². The lowest BCUT2D eigenvalue weighted by Crippen LogP contribution is -2.54. The number of hydrogen-bond acceptors (Lipinski definition) is 3. The van der Waals surface area contributed by atoms with Crippen molar-refractivity contribution >= 4 is 34.8 Å². The summed E-state index contributed by atoms with van der Waals surface area (Å²) in [6.07, 6.45) is 3.52. The fraction of sp³-hybridized carbons (Fsp3) is 0.107. The second-order valence-corrected chi connectivity index (χ2v) is 8.29. The van der Waals surface area contributed by atoms with Crippen LogP contribution in [0.3, 0.4) is 0 Å². The molecule has 34 heavy (non-hydrogen) atoms. The van der Waals surface area contributed by atoms with Crippen molar-refractivity contribution in [3.8, 4) is 0 Å². The zero-order chi connectivity index (χ0) is 23.7. The van der Waals surface area contributed by atoms with Crippen molar-refractivity contribution in [3.05, 3.63) is 113 Å². The molecule has 1 aliphatic heterocycles. The summed E-state index contributed by atoms with van der Waals surface area (Å²) in [5.74, 6) is -1.30. The fourth-order valence-corrected chi connectivity index (χ4v) is 4.36. The van der Waals surface area contributed by atoms with Crippen LogP contribution in [-0.2, 0) is 16.1 Å². The number of hydrogen-bond donors (Lipinski definition) is 1. The first kappa shape index (κ1) is 21.4. The van der Waals surface area contributed by atoms with E-state index in [1.165, 1.54) is 0 Å². The van der Waals surface area contributed by atoms with Gasteiger partial charge in [-0.15, -0.1) is 0 Å². The van der Waals surface area contributed by atoms with Crippen LogP contribution in [0.25, 0.3) is 17.0 Å². The molecule has 168 valence electrons. The number of benzene rings is 3. The molecule has 0 radical (unpaired) electrons. The van der Waals surface area contributed by atoms with Gasteiger partial charge in [0.25, 0.3) is 11.8 Å². The lowest BCUT2D eigenvalue weighted by atomic mass is 10.0. The first-order valence-corrected chi connectivity index (χ1v) is 11.1. The van der Waals surface area contributed by atoms with Gasteiger partial charge in [0.1, 0.15) is 5.57 Å². The quantitative estimate of drug-likeness (QED) is 0.348. The number of rotatable bonds is 5. The maximum atomic E-state index is 13.4. The average molecular weight is 450 g/mol. The third-order valence-corrected chi connectivity index (χ3v) is 6.12. The number of imide groups is 2. The number of barbiturate groups is 1. The van der Waals surface area contributed by atoms with Gasteiger partial charge in [-0.25, -0.2) is 4.79 Å². The van der Waals surface area contributed by atoms with Crippen LogP contribution in [0.15, 0.2) is 96.7 Å². The molecule has 0 bridgehead atoms. The Morgan fingerprint density at radius 1 is 0.853 bits per heavy atom. The van der Waals surface area contributed by atoms with Crippen LogP contribution < -0.4 is 5.32 Å². The number of carbonyl (C=O) groups excluding carboxylic acids is 3. The van der Waals surface area contributed by atoms with Crippen molar-refractivity contribution in [2.75, 3.05) is 0 Å². The Morgan fingerprint density at radius 2 is 1.50 bits per heavy atom. The maximum absolute atomic E-state index is 13.4. The first-order chi connectivity index (χ1) is 16.5. The summed E-state index contributed by atoms with van der Waals surface area (Å²) in [6, 6.07) is 26.0. The van der Waals surface area contributed by atoms with Crippen LogP contribution in [0.2, 0.25) is 0 Å². The molecule has 4 aromatic rings. The highest BCUT2D eigenvalue weighted by atomic mass is 16.2. The Labute approximate surface area is 197 Å². The second kappa shape index (κ2) is 8.83. The van der Waals surface area contributed by atoms with Crippen molar-refractivity contribution < 1.29 is 14.4 Å². The molecule has 4 amide bonds. The van der Waals surface area contributed by atoms with E-state index < -0.39 is 23.9 Å². The van der Waals surface area contributed by atoms with Gasteiger partial charge in [0.05, 0.1) is 6.04 Å². The molecule has 1 aromatic heterocycles. The predicted molar refractivity (Wildman–Crippen MR) is 131 cm³/mol. The lowest BCUT2D eigenvalue weighted by Gasteiger charge is -2.31. The van der Waals surface area contributed by atoms with E-state index in [1.807, 2.05) is 79.0 Å². The van der Waals surface area contributed by atoms with Gasteiger partial charge in [-0.3, -0.25) is 19.8 Å². The Balaban J connectivity index is 1.54. The highest BCUT2D eigenvalue weighted by Crippen LogP contribution is 2.28. The molecule has 1 fully saturated rings. The Morgan fingerprint density at radius 3 is 2.24 bits per heavy atom. The molecule has 3 aromatic carbocycles. The van der Waals surface area contributed by atoms with Gasteiger partial charge in [-0.1, -0.05) is 78.9 Å². The third-order valence-electron chi connectivity index (χ3n) is 6.12. The number of nitrogens with one attached hydrogen (secondary N) is 1. The summed E-state index contributed by atoms with van der Waals surface area (Å²) in [7, 11) is 0. The highest BCUT2D eigenvalue weighted by molar-refractivity contribution is 6.31. The van der Waals surface area contributed by atoms with E-state index >= 15 is 0 Å². The largest absolute Gasteiger partial charge is 0.342 e. The van der Waals surface area contributed by atoms with Gasteiger partial charge >= 0.3 is 6.03 Å². The molecule has 1 aliphatic rings. The smallest absolute Gasteiger partial charge is 0.331 e. The molecule has 0 aliphatic carbocycles. The van der Waals surface area contributed by atoms with E-state index in [0.717, 1.165) is 32.5 Å². The van der Waals surface area contributed by atoms with Crippen LogP contribution in [0, 0.1) is 0 Å². The van der Waals surface area contributed by atoms with Crippen LogP contribution >= 0.6 is 0 Å². The summed E-state index contributed by atoms with van der Waals surface area (Å²) in [5.41, 5.74) is 3.62. The van der Waals surface area contributed by atoms with Gasteiger partial charge in [0, 0.05) is 29.2 Å². The zero-order valence-electron chi connectivity index (χ0n) is 18.6. The minimum absolute atomic E-state index is 0.0648. The lowest BCUT2D eigenvalue weighted by molar-refractivity contribution is -0.131. The number of nitrogens with zero attached hydrogens (tertiary/aromatic N) is 2. The normalized spacial score (nSPS) is 16.2. The molecule has 6 heteroatoms. The molecular formula is C28H23N3O3. The third kappa shape index (κ3) is 3.90. The van der Waals surface area contributed by atoms with E-state index in [1.54, 1.807) is 13.0 Å². The summed E-state index contributed by atoms with van der Waals surface area (Å²) in [4.78, 5) is 39.8. The van der Waals surface area contributed by atoms with Gasteiger partial charge < -0.3 is 4.57 Å².